The second-order valence-electron chi connectivity index (χ2n) is 3.77. The largest absolute Gasteiger partial charge is 0.491 e. The highest BCUT2D eigenvalue weighted by atomic mass is 16.5. The van der Waals surface area contributed by atoms with Crippen molar-refractivity contribution in [3.05, 3.63) is 24.3 Å². The molecule has 0 aromatic heterocycles. The van der Waals surface area contributed by atoms with Crippen molar-refractivity contribution in [3.8, 4) is 5.75 Å². The minimum Gasteiger partial charge on any atom is -0.491 e. The van der Waals surface area contributed by atoms with Gasteiger partial charge in [-0.1, -0.05) is 12.1 Å². The van der Waals surface area contributed by atoms with E-state index in [9.17, 15) is 9.59 Å². The minimum atomic E-state index is -0.519. The van der Waals surface area contributed by atoms with E-state index in [1.165, 1.54) is 7.11 Å². The van der Waals surface area contributed by atoms with Gasteiger partial charge in [-0.15, -0.1) is 0 Å². The predicted octanol–water partition coefficient (Wildman–Crippen LogP) is 1.20. The molecule has 0 unspecified atom stereocenters. The number of benzene rings is 1. The van der Waals surface area contributed by atoms with Crippen LogP contribution in [0.25, 0.3) is 0 Å². The van der Waals surface area contributed by atoms with Gasteiger partial charge in [0.15, 0.2) is 0 Å². The summed E-state index contributed by atoms with van der Waals surface area (Å²) in [6.07, 6.45) is 0.0241. The maximum Gasteiger partial charge on any atom is 0.306 e. The molecule has 1 amide bonds. The molecule has 0 radical (unpaired) electrons. The fourth-order valence-corrected chi connectivity index (χ4v) is 1.63. The van der Waals surface area contributed by atoms with Crippen LogP contribution in [-0.4, -0.2) is 25.6 Å². The predicted molar refractivity (Wildman–Crippen MR) is 60.7 cm³/mol. The molecule has 90 valence electrons. The molecule has 1 N–H and O–H groups in total. The molecular weight excluding hydrogens is 222 g/mol. The van der Waals surface area contributed by atoms with Crippen LogP contribution in [0.2, 0.25) is 0 Å². The van der Waals surface area contributed by atoms with Gasteiger partial charge in [0, 0.05) is 0 Å². The molecular formula is C12H13NO4. The van der Waals surface area contributed by atoms with Crippen molar-refractivity contribution in [2.75, 3.05) is 19.0 Å². The molecule has 1 aromatic carbocycles. The van der Waals surface area contributed by atoms with Gasteiger partial charge >= 0.3 is 5.97 Å². The van der Waals surface area contributed by atoms with Gasteiger partial charge in [0.1, 0.15) is 12.4 Å². The summed E-state index contributed by atoms with van der Waals surface area (Å²) in [5.74, 6) is -0.539. The molecule has 5 heteroatoms. The molecule has 1 aliphatic heterocycles. The number of nitrogens with one attached hydrogen (secondary N) is 1. The number of para-hydroxylation sites is 2. The third-order valence-corrected chi connectivity index (χ3v) is 2.60. The fraction of sp³-hybridized carbons (Fsp3) is 0.333. The van der Waals surface area contributed by atoms with Crippen molar-refractivity contribution in [3.63, 3.8) is 0 Å². The summed E-state index contributed by atoms with van der Waals surface area (Å²) < 4.78 is 10.0. The van der Waals surface area contributed by atoms with Gasteiger partial charge in [0.05, 0.1) is 25.1 Å². The van der Waals surface area contributed by atoms with E-state index < -0.39 is 11.9 Å². The van der Waals surface area contributed by atoms with E-state index in [0.717, 1.165) is 0 Å². The number of hydrogen-bond acceptors (Lipinski definition) is 4. The highest BCUT2D eigenvalue weighted by Crippen LogP contribution is 2.28. The second kappa shape index (κ2) is 4.86. The van der Waals surface area contributed by atoms with E-state index in [4.69, 9.17) is 4.74 Å². The number of carbonyl (C=O) groups is 2. The third kappa shape index (κ3) is 2.55. The number of anilines is 1. The highest BCUT2D eigenvalue weighted by Gasteiger charge is 2.27. The van der Waals surface area contributed by atoms with Crippen LogP contribution < -0.4 is 10.1 Å². The van der Waals surface area contributed by atoms with E-state index in [1.54, 1.807) is 12.1 Å². The average Bonchev–Trinajstić information content (AvgIpc) is 2.49. The monoisotopic (exact) mass is 235 g/mol. The first-order valence-corrected chi connectivity index (χ1v) is 5.30. The van der Waals surface area contributed by atoms with Gasteiger partial charge in [-0.25, -0.2) is 0 Å². The van der Waals surface area contributed by atoms with E-state index >= 15 is 0 Å². The molecule has 0 spiro atoms. The maximum atomic E-state index is 11.8. The van der Waals surface area contributed by atoms with Crippen molar-refractivity contribution in [1.82, 2.24) is 0 Å². The number of carbonyl (C=O) groups excluding carboxylic acids is 2. The Morgan fingerprint density at radius 1 is 1.53 bits per heavy atom. The maximum absolute atomic E-state index is 11.8. The van der Waals surface area contributed by atoms with E-state index in [-0.39, 0.29) is 18.9 Å². The van der Waals surface area contributed by atoms with Crippen LogP contribution in [0.1, 0.15) is 6.42 Å². The number of methoxy groups -OCH3 is 1. The molecule has 1 aliphatic rings. The number of amides is 1. The zero-order chi connectivity index (χ0) is 12.3. The molecule has 0 saturated heterocycles. The normalized spacial score (nSPS) is 18.4. The van der Waals surface area contributed by atoms with Crippen molar-refractivity contribution in [2.45, 2.75) is 6.42 Å². The van der Waals surface area contributed by atoms with Gasteiger partial charge in [-0.2, -0.15) is 0 Å². The lowest BCUT2D eigenvalue weighted by Gasteiger charge is -2.10. The lowest BCUT2D eigenvalue weighted by molar-refractivity contribution is -0.143. The molecule has 0 fully saturated rings. The first kappa shape index (κ1) is 11.4. The van der Waals surface area contributed by atoms with Crippen LogP contribution in [0.4, 0.5) is 5.69 Å². The van der Waals surface area contributed by atoms with Crippen molar-refractivity contribution < 1.29 is 19.1 Å². The molecule has 1 aromatic rings. The standard InChI is InChI=1S/C12H13NO4/c1-16-11(14)6-8-7-17-10-5-3-2-4-9(10)13-12(8)15/h2-5,8H,6-7H2,1H3,(H,13,15)/t8-/m1/s1. The second-order valence-corrected chi connectivity index (χ2v) is 3.77. The third-order valence-electron chi connectivity index (χ3n) is 2.60. The number of ether oxygens (including phenoxy) is 2. The van der Waals surface area contributed by atoms with Crippen LogP contribution in [-0.2, 0) is 14.3 Å². The molecule has 17 heavy (non-hydrogen) atoms. The summed E-state index contributed by atoms with van der Waals surface area (Å²) in [5, 5.41) is 2.73. The number of fused-ring (bicyclic) bond motifs is 1. The summed E-state index contributed by atoms with van der Waals surface area (Å²) >= 11 is 0. The van der Waals surface area contributed by atoms with Gasteiger partial charge < -0.3 is 14.8 Å². The lowest BCUT2D eigenvalue weighted by Crippen LogP contribution is -2.27. The van der Waals surface area contributed by atoms with Gasteiger partial charge in [-0.3, -0.25) is 9.59 Å². The smallest absolute Gasteiger partial charge is 0.306 e. The van der Waals surface area contributed by atoms with Crippen LogP contribution in [0.3, 0.4) is 0 Å². The zero-order valence-corrected chi connectivity index (χ0v) is 9.43. The summed E-state index contributed by atoms with van der Waals surface area (Å²) in [4.78, 5) is 23.0. The topological polar surface area (TPSA) is 64.6 Å². The summed E-state index contributed by atoms with van der Waals surface area (Å²) in [6, 6.07) is 7.17. The summed E-state index contributed by atoms with van der Waals surface area (Å²) in [5.41, 5.74) is 0.630. The van der Waals surface area contributed by atoms with E-state index in [1.807, 2.05) is 12.1 Å². The summed E-state index contributed by atoms with van der Waals surface area (Å²) in [7, 11) is 1.30. The highest BCUT2D eigenvalue weighted by molar-refractivity contribution is 5.96. The van der Waals surface area contributed by atoms with E-state index in [2.05, 4.69) is 10.1 Å². The Bertz CT molecular complexity index is 444. The SMILES string of the molecule is COC(=O)C[C@@H]1COc2ccccc2NC1=O. The number of rotatable bonds is 2. The van der Waals surface area contributed by atoms with Gasteiger partial charge in [0.25, 0.3) is 0 Å². The zero-order valence-electron chi connectivity index (χ0n) is 9.43. The minimum absolute atomic E-state index is 0.0241. The van der Waals surface area contributed by atoms with Gasteiger partial charge in [0.2, 0.25) is 5.91 Å². The molecule has 1 atom stereocenters. The number of esters is 1. The average molecular weight is 235 g/mol. The summed E-state index contributed by atoms with van der Waals surface area (Å²) in [6.45, 7) is 0.179. The first-order chi connectivity index (χ1) is 8.20. The Morgan fingerprint density at radius 2 is 2.29 bits per heavy atom. The van der Waals surface area contributed by atoms with Crippen molar-refractivity contribution >= 4 is 17.6 Å². The fourth-order valence-electron chi connectivity index (χ4n) is 1.63. The van der Waals surface area contributed by atoms with Crippen LogP contribution in [0, 0.1) is 5.92 Å². The Labute approximate surface area is 98.7 Å². The van der Waals surface area contributed by atoms with Crippen LogP contribution in [0.5, 0.6) is 5.75 Å². The Morgan fingerprint density at radius 3 is 3.06 bits per heavy atom. The molecule has 2 rings (SSSR count). The van der Waals surface area contributed by atoms with Crippen molar-refractivity contribution in [1.29, 1.82) is 0 Å². The lowest BCUT2D eigenvalue weighted by atomic mass is 10.1. The molecule has 0 bridgehead atoms. The first-order valence-electron chi connectivity index (χ1n) is 5.30. The molecule has 0 aliphatic carbocycles. The Kier molecular flexibility index (Phi) is 3.27. The van der Waals surface area contributed by atoms with Crippen LogP contribution in [0.15, 0.2) is 24.3 Å². The molecule has 5 nitrogen and oxygen atoms in total. The quantitative estimate of drug-likeness (QED) is 0.782. The molecule has 1 heterocycles. The molecule has 0 saturated carbocycles. The Hall–Kier alpha value is -2.04. The van der Waals surface area contributed by atoms with Crippen LogP contribution >= 0.6 is 0 Å². The van der Waals surface area contributed by atoms with Gasteiger partial charge in [-0.05, 0) is 12.1 Å². The Balaban J connectivity index is 2.12. The number of hydrogen-bond donors (Lipinski definition) is 1. The van der Waals surface area contributed by atoms with E-state index in [0.29, 0.717) is 11.4 Å². The van der Waals surface area contributed by atoms with Crippen molar-refractivity contribution in [2.24, 2.45) is 5.92 Å².